The van der Waals surface area contributed by atoms with Crippen LogP contribution < -0.4 is 0 Å². The molecule has 3 aliphatic rings. The Kier molecular flexibility index (Phi) is 3.24. The molecule has 0 radical (unpaired) electrons. The van der Waals surface area contributed by atoms with E-state index in [4.69, 9.17) is 4.65 Å². The highest BCUT2D eigenvalue weighted by Gasteiger charge is 2.47. The molecule has 0 aromatic rings. The van der Waals surface area contributed by atoms with Gasteiger partial charge in [-0.3, -0.25) is 0 Å². The number of hydrogen-bond donors (Lipinski definition) is 0. The van der Waals surface area contributed by atoms with Gasteiger partial charge in [0.25, 0.3) is 0 Å². The summed E-state index contributed by atoms with van der Waals surface area (Å²) >= 11 is 0. The Labute approximate surface area is 105 Å². The maximum atomic E-state index is 6.27. The van der Waals surface area contributed by atoms with Crippen LogP contribution in [0.3, 0.4) is 0 Å². The summed E-state index contributed by atoms with van der Waals surface area (Å²) in [5.74, 6) is 1.96. The van der Waals surface area contributed by atoms with Crippen LogP contribution in [0.2, 0.25) is 11.6 Å². The van der Waals surface area contributed by atoms with Crippen LogP contribution in [0.25, 0.3) is 0 Å². The molecule has 1 heterocycles. The topological polar surface area (TPSA) is 9.23 Å². The number of allylic oxidation sites excluding steroid dienone is 5. The van der Waals surface area contributed by atoms with E-state index in [0.717, 1.165) is 5.82 Å². The third-order valence-electron chi connectivity index (χ3n) is 4.60. The molecular weight excluding hydrogens is 207 g/mol. The minimum Gasteiger partial charge on any atom is -0.432 e. The van der Waals surface area contributed by atoms with Crippen molar-refractivity contribution in [2.45, 2.75) is 50.3 Å². The maximum Gasteiger partial charge on any atom is 0.304 e. The lowest BCUT2D eigenvalue weighted by atomic mass is 9.45. The molecule has 0 aromatic carbocycles. The lowest BCUT2D eigenvalue weighted by Crippen LogP contribution is -2.23. The lowest BCUT2D eigenvalue weighted by Gasteiger charge is -2.20. The van der Waals surface area contributed by atoms with E-state index in [1.807, 2.05) is 0 Å². The zero-order valence-corrected chi connectivity index (χ0v) is 10.6. The predicted molar refractivity (Wildman–Crippen MR) is 73.2 cm³/mol. The molecular formula is C15H21BO. The lowest BCUT2D eigenvalue weighted by molar-refractivity contribution is 0.219. The molecule has 3 atom stereocenters. The normalized spacial score (nSPS) is 42.9. The van der Waals surface area contributed by atoms with Crippen LogP contribution >= 0.6 is 0 Å². The highest BCUT2D eigenvalue weighted by Crippen LogP contribution is 2.47. The quantitative estimate of drug-likeness (QED) is 0.616. The first-order chi connectivity index (χ1) is 8.36. The van der Waals surface area contributed by atoms with Gasteiger partial charge in [-0.05, 0) is 18.6 Å². The Bertz CT molecular complexity index is 352. The Morgan fingerprint density at radius 3 is 2.47 bits per heavy atom. The average Bonchev–Trinajstić information content (AvgIpc) is 2.87. The van der Waals surface area contributed by atoms with Gasteiger partial charge in [-0.25, -0.2) is 0 Å². The van der Waals surface area contributed by atoms with Crippen molar-refractivity contribution in [2.24, 2.45) is 5.92 Å². The molecule has 1 saturated carbocycles. The van der Waals surface area contributed by atoms with E-state index in [1.165, 1.54) is 25.7 Å². The fourth-order valence-corrected chi connectivity index (χ4v) is 3.71. The minimum atomic E-state index is 0.373. The van der Waals surface area contributed by atoms with E-state index < -0.39 is 0 Å². The van der Waals surface area contributed by atoms with Crippen molar-refractivity contribution in [3.63, 3.8) is 0 Å². The number of rotatable bonds is 1. The molecule has 1 nitrogen and oxygen atoms in total. The molecule has 3 rings (SSSR count). The summed E-state index contributed by atoms with van der Waals surface area (Å²) < 4.78 is 6.27. The molecule has 0 bridgehead atoms. The van der Waals surface area contributed by atoms with Gasteiger partial charge in [0.05, 0.1) is 0 Å². The molecule has 1 aliphatic heterocycles. The second-order valence-corrected chi connectivity index (χ2v) is 5.66. The Morgan fingerprint density at radius 1 is 1.00 bits per heavy atom. The van der Waals surface area contributed by atoms with Crippen LogP contribution in [-0.4, -0.2) is 13.0 Å². The van der Waals surface area contributed by atoms with Crippen LogP contribution in [0.5, 0.6) is 0 Å². The van der Waals surface area contributed by atoms with Crippen LogP contribution in [-0.2, 0) is 4.65 Å². The van der Waals surface area contributed by atoms with Gasteiger partial charge >= 0.3 is 6.92 Å². The Morgan fingerprint density at radius 2 is 1.71 bits per heavy atom. The zero-order chi connectivity index (χ0) is 11.7. The largest absolute Gasteiger partial charge is 0.432 e. The SMILES string of the molecule is CC1OB(C2CCCC2)C2\C=C/C=C\C=C/C12. The molecule has 2 heteroatoms. The molecule has 1 saturated heterocycles. The van der Waals surface area contributed by atoms with Gasteiger partial charge in [0.2, 0.25) is 0 Å². The van der Waals surface area contributed by atoms with Gasteiger partial charge in [-0.2, -0.15) is 0 Å². The Hall–Kier alpha value is -0.755. The second kappa shape index (κ2) is 4.85. The second-order valence-electron chi connectivity index (χ2n) is 5.66. The van der Waals surface area contributed by atoms with E-state index in [9.17, 15) is 0 Å². The molecule has 0 aromatic heterocycles. The molecule has 0 spiro atoms. The van der Waals surface area contributed by atoms with Crippen molar-refractivity contribution < 1.29 is 4.65 Å². The van der Waals surface area contributed by atoms with Gasteiger partial charge in [-0.1, -0.05) is 62.1 Å². The van der Waals surface area contributed by atoms with Gasteiger partial charge < -0.3 is 4.65 Å². The van der Waals surface area contributed by atoms with Crippen molar-refractivity contribution in [2.75, 3.05) is 0 Å². The van der Waals surface area contributed by atoms with Crippen molar-refractivity contribution in [1.29, 1.82) is 0 Å². The first-order valence-corrected chi connectivity index (χ1v) is 7.03. The monoisotopic (exact) mass is 228 g/mol. The summed E-state index contributed by atoms with van der Waals surface area (Å²) in [6, 6.07) is 0. The van der Waals surface area contributed by atoms with E-state index in [0.29, 0.717) is 24.8 Å². The van der Waals surface area contributed by atoms with Crippen molar-refractivity contribution >= 4 is 6.92 Å². The first kappa shape index (κ1) is 11.3. The van der Waals surface area contributed by atoms with Gasteiger partial charge in [0.1, 0.15) is 0 Å². The van der Waals surface area contributed by atoms with Gasteiger partial charge in [-0.15, -0.1) is 0 Å². The van der Waals surface area contributed by atoms with Crippen molar-refractivity contribution in [1.82, 2.24) is 0 Å². The zero-order valence-electron chi connectivity index (χ0n) is 10.6. The number of fused-ring (bicyclic) bond motifs is 1. The average molecular weight is 228 g/mol. The number of hydrogen-bond acceptors (Lipinski definition) is 1. The predicted octanol–water partition coefficient (Wildman–Crippen LogP) is 4.01. The summed E-state index contributed by atoms with van der Waals surface area (Å²) in [5.41, 5.74) is 0. The molecule has 3 unspecified atom stereocenters. The molecule has 0 amide bonds. The van der Waals surface area contributed by atoms with Crippen LogP contribution in [0.15, 0.2) is 36.5 Å². The smallest absolute Gasteiger partial charge is 0.304 e. The molecule has 17 heavy (non-hydrogen) atoms. The third-order valence-corrected chi connectivity index (χ3v) is 4.60. The summed E-state index contributed by atoms with van der Waals surface area (Å²) in [6.07, 6.45) is 19.2. The van der Waals surface area contributed by atoms with Crippen molar-refractivity contribution in [3.05, 3.63) is 36.5 Å². The van der Waals surface area contributed by atoms with Crippen molar-refractivity contribution in [3.8, 4) is 0 Å². The fraction of sp³-hybridized carbons (Fsp3) is 0.600. The van der Waals surface area contributed by atoms with Crippen LogP contribution in [0, 0.1) is 5.92 Å². The summed E-state index contributed by atoms with van der Waals surface area (Å²) in [7, 11) is 0. The fourth-order valence-electron chi connectivity index (χ4n) is 3.71. The van der Waals surface area contributed by atoms with E-state index in [1.54, 1.807) is 0 Å². The molecule has 2 aliphatic carbocycles. The summed E-state index contributed by atoms with van der Waals surface area (Å²) in [5, 5.41) is 0. The highest BCUT2D eigenvalue weighted by molar-refractivity contribution is 6.57. The Balaban J connectivity index is 1.84. The highest BCUT2D eigenvalue weighted by atomic mass is 16.5. The summed E-state index contributed by atoms with van der Waals surface area (Å²) in [4.78, 5) is 0. The maximum absolute atomic E-state index is 6.27. The van der Waals surface area contributed by atoms with E-state index in [2.05, 4.69) is 43.4 Å². The van der Waals surface area contributed by atoms with Crippen LogP contribution in [0.4, 0.5) is 0 Å². The molecule has 2 fully saturated rings. The minimum absolute atomic E-state index is 0.373. The molecule has 0 N–H and O–H groups in total. The molecule has 90 valence electrons. The van der Waals surface area contributed by atoms with Crippen LogP contribution in [0.1, 0.15) is 32.6 Å². The summed E-state index contributed by atoms with van der Waals surface area (Å²) in [6.45, 7) is 2.70. The van der Waals surface area contributed by atoms with E-state index in [-0.39, 0.29) is 0 Å². The van der Waals surface area contributed by atoms with Gasteiger partial charge in [0.15, 0.2) is 0 Å². The van der Waals surface area contributed by atoms with Gasteiger partial charge in [0, 0.05) is 12.0 Å². The third kappa shape index (κ3) is 2.15. The first-order valence-electron chi connectivity index (χ1n) is 7.03. The standard InChI is InChI=1S/C15H21BO/c1-12-14-10-4-2-3-5-11-15(14)16(17-12)13-8-6-7-9-13/h2-5,10-15H,6-9H2,1H3/b3-2-,10-4-,11-5-. The van der Waals surface area contributed by atoms with E-state index >= 15 is 0 Å².